The Labute approximate surface area is 171 Å². The fraction of sp³-hybridized carbons (Fsp3) is 0.350. The molecular formula is C20H21N5O5. The van der Waals surface area contributed by atoms with E-state index in [0.29, 0.717) is 35.0 Å². The van der Waals surface area contributed by atoms with Crippen LogP contribution < -0.4 is 15.4 Å². The topological polar surface area (TPSA) is 128 Å². The van der Waals surface area contributed by atoms with E-state index < -0.39 is 5.92 Å². The highest BCUT2D eigenvalue weighted by Crippen LogP contribution is 2.32. The van der Waals surface area contributed by atoms with Crippen molar-refractivity contribution < 1.29 is 23.6 Å². The summed E-state index contributed by atoms with van der Waals surface area (Å²) >= 11 is 0. The predicted octanol–water partition coefficient (Wildman–Crippen LogP) is 1.72. The van der Waals surface area contributed by atoms with Crippen molar-refractivity contribution in [2.75, 3.05) is 11.9 Å². The van der Waals surface area contributed by atoms with Gasteiger partial charge in [0, 0.05) is 24.9 Å². The van der Waals surface area contributed by atoms with Crippen molar-refractivity contribution in [2.24, 2.45) is 7.05 Å². The summed E-state index contributed by atoms with van der Waals surface area (Å²) in [5, 5.41) is 14.2. The molecule has 0 aliphatic carbocycles. The van der Waals surface area contributed by atoms with Crippen molar-refractivity contribution in [3.05, 3.63) is 35.3 Å². The lowest BCUT2D eigenvalue weighted by molar-refractivity contribution is -0.134. The second-order valence-corrected chi connectivity index (χ2v) is 7.23. The number of anilines is 1. The first-order valence-electron chi connectivity index (χ1n) is 9.49. The molecule has 1 atom stereocenters. The number of carbonyl (C=O) groups is 3. The Balaban J connectivity index is 1.49. The largest absolute Gasteiger partial charge is 0.484 e. The van der Waals surface area contributed by atoms with Crippen molar-refractivity contribution in [1.82, 2.24) is 20.3 Å². The summed E-state index contributed by atoms with van der Waals surface area (Å²) in [7, 11) is 1.77. The normalized spacial score (nSPS) is 16.6. The highest BCUT2D eigenvalue weighted by Gasteiger charge is 2.31. The van der Waals surface area contributed by atoms with Gasteiger partial charge in [-0.25, -0.2) is 0 Å². The fourth-order valence-electron chi connectivity index (χ4n) is 3.55. The van der Waals surface area contributed by atoms with Crippen LogP contribution in [0, 0.1) is 13.8 Å². The second-order valence-electron chi connectivity index (χ2n) is 7.23. The van der Waals surface area contributed by atoms with E-state index >= 15 is 0 Å². The zero-order chi connectivity index (χ0) is 21.4. The number of amides is 3. The minimum absolute atomic E-state index is 0.187. The van der Waals surface area contributed by atoms with E-state index in [9.17, 15) is 14.4 Å². The van der Waals surface area contributed by atoms with Crippen LogP contribution in [0.25, 0.3) is 10.9 Å². The quantitative estimate of drug-likeness (QED) is 0.612. The van der Waals surface area contributed by atoms with Gasteiger partial charge in [-0.05, 0) is 32.4 Å². The number of rotatable bonds is 5. The van der Waals surface area contributed by atoms with Crippen molar-refractivity contribution in [3.8, 4) is 5.75 Å². The first-order chi connectivity index (χ1) is 14.3. The van der Waals surface area contributed by atoms with Gasteiger partial charge in [0.05, 0.1) is 17.1 Å². The summed E-state index contributed by atoms with van der Waals surface area (Å²) in [6.07, 6.45) is 0.715. The molecule has 2 N–H and O–H groups in total. The lowest BCUT2D eigenvalue weighted by Crippen LogP contribution is -2.39. The van der Waals surface area contributed by atoms with Crippen LogP contribution in [0.15, 0.2) is 22.7 Å². The van der Waals surface area contributed by atoms with Crippen LogP contribution >= 0.6 is 0 Å². The zero-order valence-corrected chi connectivity index (χ0v) is 16.8. The molecule has 3 aromatic rings. The average molecular weight is 411 g/mol. The van der Waals surface area contributed by atoms with Gasteiger partial charge in [0.1, 0.15) is 17.1 Å². The van der Waals surface area contributed by atoms with E-state index in [-0.39, 0.29) is 30.7 Å². The smallest absolute Gasteiger partial charge is 0.262 e. The number of nitrogens with zero attached hydrogens (tertiary/aromatic N) is 3. The number of piperidine rings is 1. The van der Waals surface area contributed by atoms with Gasteiger partial charge in [-0.3, -0.25) is 24.4 Å². The summed E-state index contributed by atoms with van der Waals surface area (Å²) in [6, 6.07) is 5.30. The molecule has 0 bridgehead atoms. The van der Waals surface area contributed by atoms with Crippen LogP contribution in [0.1, 0.15) is 35.9 Å². The Morgan fingerprint density at radius 1 is 1.37 bits per heavy atom. The summed E-state index contributed by atoms with van der Waals surface area (Å²) in [4.78, 5) is 35.8. The number of aromatic nitrogens is 3. The molecule has 4 rings (SSSR count). The van der Waals surface area contributed by atoms with E-state index in [1.807, 2.05) is 6.07 Å². The molecule has 3 amide bonds. The van der Waals surface area contributed by atoms with Crippen LogP contribution in [0.5, 0.6) is 5.75 Å². The number of fused-ring (bicyclic) bond motifs is 1. The molecule has 1 aliphatic heterocycles. The third-order valence-electron chi connectivity index (χ3n) is 5.09. The monoisotopic (exact) mass is 411 g/mol. The minimum atomic E-state index is -0.473. The van der Waals surface area contributed by atoms with Crippen molar-refractivity contribution in [3.63, 3.8) is 0 Å². The molecule has 10 heteroatoms. The van der Waals surface area contributed by atoms with Gasteiger partial charge in [0.2, 0.25) is 11.8 Å². The van der Waals surface area contributed by atoms with Gasteiger partial charge in [0.15, 0.2) is 12.4 Å². The Bertz CT molecular complexity index is 1140. The van der Waals surface area contributed by atoms with E-state index in [1.165, 1.54) is 0 Å². The molecule has 0 spiro atoms. The van der Waals surface area contributed by atoms with Gasteiger partial charge in [0.25, 0.3) is 5.91 Å². The summed E-state index contributed by atoms with van der Waals surface area (Å²) in [5.74, 6) is -0.380. The fourth-order valence-corrected chi connectivity index (χ4v) is 3.55. The number of benzene rings is 1. The maximum absolute atomic E-state index is 12.2. The number of imide groups is 1. The summed E-state index contributed by atoms with van der Waals surface area (Å²) in [5.41, 5.74) is 2.52. The van der Waals surface area contributed by atoms with Crippen LogP contribution in [-0.2, 0) is 21.4 Å². The lowest BCUT2D eigenvalue weighted by Gasteiger charge is -2.19. The average Bonchev–Trinajstić information content (AvgIpc) is 3.20. The van der Waals surface area contributed by atoms with Crippen molar-refractivity contribution in [1.29, 1.82) is 0 Å². The minimum Gasteiger partial charge on any atom is -0.484 e. The van der Waals surface area contributed by atoms with E-state index in [1.54, 1.807) is 37.7 Å². The highest BCUT2D eigenvalue weighted by molar-refractivity contribution is 6.02. The predicted molar refractivity (Wildman–Crippen MR) is 106 cm³/mol. The van der Waals surface area contributed by atoms with Gasteiger partial charge in [-0.1, -0.05) is 5.16 Å². The van der Waals surface area contributed by atoms with E-state index in [4.69, 9.17) is 9.26 Å². The maximum Gasteiger partial charge on any atom is 0.262 e. The molecule has 1 saturated heterocycles. The first-order valence-corrected chi connectivity index (χ1v) is 9.49. The lowest BCUT2D eigenvalue weighted by atomic mass is 9.93. The maximum atomic E-state index is 12.2. The zero-order valence-electron chi connectivity index (χ0n) is 16.8. The molecule has 0 radical (unpaired) electrons. The molecule has 1 unspecified atom stereocenters. The molecule has 1 fully saturated rings. The Kier molecular flexibility index (Phi) is 4.98. The van der Waals surface area contributed by atoms with Crippen molar-refractivity contribution in [2.45, 2.75) is 32.6 Å². The van der Waals surface area contributed by atoms with Crippen LogP contribution in [0.3, 0.4) is 0 Å². The summed E-state index contributed by atoms with van der Waals surface area (Å²) in [6.45, 7) is 3.27. The van der Waals surface area contributed by atoms with Gasteiger partial charge >= 0.3 is 0 Å². The number of ether oxygens (including phenoxy) is 1. The van der Waals surface area contributed by atoms with E-state index in [0.717, 1.165) is 10.9 Å². The summed E-state index contributed by atoms with van der Waals surface area (Å²) < 4.78 is 12.3. The number of nitrogens with one attached hydrogen (secondary N) is 2. The number of aryl methyl sites for hydroxylation is 3. The van der Waals surface area contributed by atoms with Gasteiger partial charge in [-0.15, -0.1) is 0 Å². The molecule has 0 saturated carbocycles. The van der Waals surface area contributed by atoms with Gasteiger partial charge < -0.3 is 14.6 Å². The molecule has 3 heterocycles. The third-order valence-corrected chi connectivity index (χ3v) is 5.09. The number of hydrogen-bond donors (Lipinski definition) is 2. The molecule has 1 aromatic carbocycles. The second kappa shape index (κ2) is 7.62. The molecule has 156 valence electrons. The molecule has 30 heavy (non-hydrogen) atoms. The Hall–Kier alpha value is -3.69. The van der Waals surface area contributed by atoms with Crippen molar-refractivity contribution >= 4 is 34.3 Å². The number of hydrogen-bond acceptors (Lipinski definition) is 7. The molecule has 1 aliphatic rings. The van der Waals surface area contributed by atoms with Crippen LogP contribution in [0.2, 0.25) is 0 Å². The Morgan fingerprint density at radius 2 is 2.17 bits per heavy atom. The molecule has 2 aromatic heterocycles. The third kappa shape index (κ3) is 3.63. The van der Waals surface area contributed by atoms with Crippen LogP contribution in [0.4, 0.5) is 5.69 Å². The first kappa shape index (κ1) is 19.6. The highest BCUT2D eigenvalue weighted by atomic mass is 16.5. The number of carbonyl (C=O) groups excluding carboxylic acids is 3. The van der Waals surface area contributed by atoms with Crippen LogP contribution in [-0.4, -0.2) is 39.3 Å². The molecular weight excluding hydrogens is 390 g/mol. The molecule has 10 nitrogen and oxygen atoms in total. The Morgan fingerprint density at radius 3 is 2.87 bits per heavy atom. The van der Waals surface area contributed by atoms with E-state index in [2.05, 4.69) is 20.9 Å². The standard InChI is InChI=1S/C20H21N5O5/c1-10-18(11(2)30-24-10)21-17(27)9-29-12-4-5-13-15(8-12)25(3)23-19(13)14-6-7-16(26)22-20(14)28/h4-5,8,14H,6-7,9H2,1-3H3,(H,21,27)(H,22,26,28). The SMILES string of the molecule is Cc1noc(C)c1NC(=O)COc1ccc2c(C3CCC(=O)NC3=O)nn(C)c2c1. The van der Waals surface area contributed by atoms with Gasteiger partial charge in [-0.2, -0.15) is 5.10 Å².